The summed E-state index contributed by atoms with van der Waals surface area (Å²) in [4.78, 5) is 31.7. The number of carbonyl (C=O) groups is 2. The minimum Gasteiger partial charge on any atom is -0.352 e. The van der Waals surface area contributed by atoms with E-state index in [0.717, 1.165) is 41.8 Å². The van der Waals surface area contributed by atoms with Crippen LogP contribution >= 0.6 is 23.4 Å². The molecule has 3 fully saturated rings. The lowest BCUT2D eigenvalue weighted by Gasteiger charge is -2.44. The quantitative estimate of drug-likeness (QED) is 0.253. The van der Waals surface area contributed by atoms with Gasteiger partial charge in [0.25, 0.3) is 11.8 Å². The molecule has 0 bridgehead atoms. The molecule has 0 spiro atoms. The van der Waals surface area contributed by atoms with Gasteiger partial charge in [0.1, 0.15) is 0 Å². The van der Waals surface area contributed by atoms with E-state index < -0.39 is 0 Å². The molecule has 2 aromatic rings. The Kier molecular flexibility index (Phi) is 10.3. The fraction of sp³-hybridized carbons (Fsp3) is 0.515. The minimum absolute atomic E-state index is 0.0413. The third-order valence-electron chi connectivity index (χ3n) is 8.70. The Morgan fingerprint density at radius 2 is 1.80 bits per heavy atom. The van der Waals surface area contributed by atoms with Crippen LogP contribution in [0.15, 0.2) is 53.4 Å². The highest BCUT2D eigenvalue weighted by atomic mass is 35.5. The van der Waals surface area contributed by atoms with Gasteiger partial charge in [0.05, 0.1) is 4.91 Å². The summed E-state index contributed by atoms with van der Waals surface area (Å²) in [5.74, 6) is 0.0496. The van der Waals surface area contributed by atoms with Crippen LogP contribution in [0.25, 0.3) is 6.08 Å². The summed E-state index contributed by atoms with van der Waals surface area (Å²) in [5.41, 5.74) is 2.66. The van der Waals surface area contributed by atoms with Gasteiger partial charge in [-0.05, 0) is 87.2 Å². The van der Waals surface area contributed by atoms with E-state index in [1.807, 2.05) is 54.6 Å². The SMILES string of the molecule is CN(CCCNC(=O)c1ccc(/C=C2/SC3CCCCC3N(Cc3cccc(Cl)c3)C2=O)cc1)C1CCCCC1. The minimum atomic E-state index is -0.0413. The van der Waals surface area contributed by atoms with Gasteiger partial charge in [0.2, 0.25) is 0 Å². The van der Waals surface area contributed by atoms with E-state index in [9.17, 15) is 9.59 Å². The van der Waals surface area contributed by atoms with Crippen molar-refractivity contribution in [2.75, 3.05) is 20.1 Å². The second kappa shape index (κ2) is 14.1. The second-order valence-electron chi connectivity index (χ2n) is 11.6. The Morgan fingerprint density at radius 3 is 2.58 bits per heavy atom. The monoisotopic (exact) mass is 579 g/mol. The number of thioether (sulfide) groups is 1. The van der Waals surface area contributed by atoms with Crippen LogP contribution in [-0.2, 0) is 11.3 Å². The maximum absolute atomic E-state index is 13.7. The lowest BCUT2D eigenvalue weighted by molar-refractivity contribution is -0.130. The van der Waals surface area contributed by atoms with Crippen LogP contribution in [-0.4, -0.2) is 59.1 Å². The zero-order valence-electron chi connectivity index (χ0n) is 23.6. The highest BCUT2D eigenvalue weighted by molar-refractivity contribution is 8.04. The van der Waals surface area contributed by atoms with Crippen molar-refractivity contribution < 1.29 is 9.59 Å². The van der Waals surface area contributed by atoms with E-state index in [1.54, 1.807) is 11.8 Å². The van der Waals surface area contributed by atoms with Crippen LogP contribution in [0.2, 0.25) is 5.02 Å². The van der Waals surface area contributed by atoms with Gasteiger partial charge in [-0.1, -0.05) is 68.0 Å². The molecule has 2 saturated carbocycles. The summed E-state index contributed by atoms with van der Waals surface area (Å²) in [6, 6.07) is 16.4. The van der Waals surface area contributed by atoms with Gasteiger partial charge < -0.3 is 15.1 Å². The van der Waals surface area contributed by atoms with E-state index in [1.165, 1.54) is 44.9 Å². The molecular formula is C33H42ClN3O2S. The number of hydrogen-bond donors (Lipinski definition) is 1. The smallest absolute Gasteiger partial charge is 0.260 e. The van der Waals surface area contributed by atoms with Crippen LogP contribution in [0.4, 0.5) is 0 Å². The lowest BCUT2D eigenvalue weighted by atomic mass is 9.92. The van der Waals surface area contributed by atoms with Gasteiger partial charge in [0, 0.05) is 41.0 Å². The summed E-state index contributed by atoms with van der Waals surface area (Å²) in [6.45, 7) is 2.27. The Morgan fingerprint density at radius 1 is 1.05 bits per heavy atom. The van der Waals surface area contributed by atoms with Crippen LogP contribution in [0.3, 0.4) is 0 Å². The molecule has 2 aliphatic carbocycles. The zero-order chi connectivity index (χ0) is 27.9. The molecule has 40 heavy (non-hydrogen) atoms. The van der Waals surface area contributed by atoms with Crippen LogP contribution in [0.5, 0.6) is 0 Å². The Bertz CT molecular complexity index is 1190. The molecule has 2 atom stereocenters. The standard InChI is InChI=1S/C33H42ClN3O2S/c1-36(28-11-3-2-4-12-28)20-8-19-35-32(38)26-17-15-24(16-18-26)22-31-33(39)37(23-25-9-7-10-27(34)21-25)29-13-5-6-14-30(29)40-31/h7,9-10,15-18,21-22,28-30H,2-6,8,11-14,19-20,23H2,1H3,(H,35,38)/b31-22+. The van der Waals surface area contributed by atoms with Crippen LogP contribution in [0, 0.1) is 0 Å². The van der Waals surface area contributed by atoms with Gasteiger partial charge in [-0.3, -0.25) is 9.59 Å². The molecule has 5 nitrogen and oxygen atoms in total. The first-order valence-electron chi connectivity index (χ1n) is 15.0. The maximum Gasteiger partial charge on any atom is 0.260 e. The van der Waals surface area contributed by atoms with Gasteiger partial charge >= 0.3 is 0 Å². The number of benzene rings is 2. The molecule has 5 rings (SSSR count). The van der Waals surface area contributed by atoms with Crippen molar-refractivity contribution in [3.8, 4) is 0 Å². The first-order valence-corrected chi connectivity index (χ1v) is 16.3. The Hall–Kier alpha value is -2.28. The van der Waals surface area contributed by atoms with Crippen molar-refractivity contribution in [1.29, 1.82) is 0 Å². The molecule has 7 heteroatoms. The largest absolute Gasteiger partial charge is 0.352 e. The van der Waals surface area contributed by atoms with Gasteiger partial charge in [-0.25, -0.2) is 0 Å². The average molecular weight is 580 g/mol. The normalized spacial score (nSPS) is 22.9. The molecule has 1 aliphatic heterocycles. The molecule has 214 valence electrons. The van der Waals surface area contributed by atoms with Gasteiger partial charge in [-0.15, -0.1) is 11.8 Å². The van der Waals surface area contributed by atoms with E-state index in [-0.39, 0.29) is 17.9 Å². The number of halogens is 1. The van der Waals surface area contributed by atoms with E-state index in [0.29, 0.717) is 35.0 Å². The van der Waals surface area contributed by atoms with Crippen molar-refractivity contribution in [2.24, 2.45) is 0 Å². The lowest BCUT2D eigenvalue weighted by Crippen LogP contribution is -2.50. The van der Waals surface area contributed by atoms with Crippen molar-refractivity contribution in [2.45, 2.75) is 88.1 Å². The number of rotatable bonds is 9. The molecule has 1 N–H and O–H groups in total. The summed E-state index contributed by atoms with van der Waals surface area (Å²) < 4.78 is 0. The third-order valence-corrected chi connectivity index (χ3v) is 10.3. The van der Waals surface area contributed by atoms with Gasteiger partial charge in [0.15, 0.2) is 0 Å². The first kappa shape index (κ1) is 29.2. The van der Waals surface area contributed by atoms with Crippen molar-refractivity contribution >= 4 is 41.3 Å². The fourth-order valence-electron chi connectivity index (χ4n) is 6.41. The number of hydrogen-bond acceptors (Lipinski definition) is 4. The van der Waals surface area contributed by atoms with Crippen LogP contribution in [0.1, 0.15) is 85.7 Å². The average Bonchev–Trinajstić information content (AvgIpc) is 2.98. The molecule has 2 amide bonds. The van der Waals surface area contributed by atoms with Crippen LogP contribution < -0.4 is 5.32 Å². The van der Waals surface area contributed by atoms with E-state index in [2.05, 4.69) is 22.2 Å². The second-order valence-corrected chi connectivity index (χ2v) is 13.3. The number of amides is 2. The predicted octanol–water partition coefficient (Wildman–Crippen LogP) is 7.15. The Labute approximate surface area is 248 Å². The molecular weight excluding hydrogens is 538 g/mol. The zero-order valence-corrected chi connectivity index (χ0v) is 25.2. The maximum atomic E-state index is 13.7. The van der Waals surface area contributed by atoms with Crippen molar-refractivity contribution in [3.63, 3.8) is 0 Å². The topological polar surface area (TPSA) is 52.7 Å². The molecule has 2 unspecified atom stereocenters. The summed E-state index contributed by atoms with van der Waals surface area (Å²) in [5, 5.41) is 4.19. The predicted molar refractivity (Wildman–Crippen MR) is 167 cm³/mol. The van der Waals surface area contributed by atoms with E-state index in [4.69, 9.17) is 11.6 Å². The summed E-state index contributed by atoms with van der Waals surface area (Å²) in [7, 11) is 2.21. The molecule has 3 aliphatic rings. The van der Waals surface area contributed by atoms with Crippen molar-refractivity contribution in [3.05, 3.63) is 75.1 Å². The Balaban J connectivity index is 1.18. The fourth-order valence-corrected chi connectivity index (χ4v) is 8.10. The number of carbonyl (C=O) groups excluding carboxylic acids is 2. The summed E-state index contributed by atoms with van der Waals surface area (Å²) >= 11 is 7.97. The first-order chi connectivity index (χ1) is 19.5. The molecule has 2 aromatic carbocycles. The molecule has 0 radical (unpaired) electrons. The summed E-state index contributed by atoms with van der Waals surface area (Å²) in [6.07, 6.45) is 14.2. The third kappa shape index (κ3) is 7.51. The van der Waals surface area contributed by atoms with Crippen molar-refractivity contribution in [1.82, 2.24) is 15.1 Å². The number of nitrogens with zero attached hydrogens (tertiary/aromatic N) is 2. The number of nitrogens with one attached hydrogen (secondary N) is 1. The molecule has 1 saturated heterocycles. The number of fused-ring (bicyclic) bond motifs is 1. The highest BCUT2D eigenvalue weighted by Gasteiger charge is 2.40. The molecule has 1 heterocycles. The van der Waals surface area contributed by atoms with E-state index >= 15 is 0 Å². The molecule has 0 aromatic heterocycles. The van der Waals surface area contributed by atoms with Gasteiger partial charge in [-0.2, -0.15) is 0 Å². The highest BCUT2D eigenvalue weighted by Crippen LogP contribution is 2.42.